The lowest BCUT2D eigenvalue weighted by Gasteiger charge is -2.17. The molecule has 1 aromatic heterocycles. The van der Waals surface area contributed by atoms with E-state index in [2.05, 4.69) is 16.8 Å². The van der Waals surface area contributed by atoms with Crippen LogP contribution in [0.3, 0.4) is 0 Å². The minimum absolute atomic E-state index is 0.122. The summed E-state index contributed by atoms with van der Waals surface area (Å²) in [6.07, 6.45) is 3.71. The van der Waals surface area contributed by atoms with Crippen LogP contribution in [0.2, 0.25) is 5.02 Å². The molecule has 0 aromatic carbocycles. The van der Waals surface area contributed by atoms with Gasteiger partial charge in [0.05, 0.1) is 10.6 Å². The van der Waals surface area contributed by atoms with Crippen molar-refractivity contribution in [3.63, 3.8) is 0 Å². The highest BCUT2D eigenvalue weighted by atomic mass is 35.5. The largest absolute Gasteiger partial charge is 0.478 e. The maximum Gasteiger partial charge on any atom is 0.337 e. The third-order valence-corrected chi connectivity index (χ3v) is 3.56. The van der Waals surface area contributed by atoms with Crippen molar-refractivity contribution >= 4 is 23.4 Å². The van der Waals surface area contributed by atoms with Crippen LogP contribution in [0.15, 0.2) is 12.3 Å². The smallest absolute Gasteiger partial charge is 0.337 e. The van der Waals surface area contributed by atoms with E-state index in [1.165, 1.54) is 6.20 Å². The number of pyridine rings is 1. The third-order valence-electron chi connectivity index (χ3n) is 3.26. The molecule has 1 aromatic rings. The topological polar surface area (TPSA) is 53.4 Å². The van der Waals surface area contributed by atoms with Crippen molar-refractivity contribution in [3.05, 3.63) is 22.8 Å². The van der Waals surface area contributed by atoms with E-state index in [1.54, 1.807) is 6.07 Å². The molecular formula is C12H15ClN2O2. The van der Waals surface area contributed by atoms with E-state index in [9.17, 15) is 4.79 Å². The Morgan fingerprint density at radius 1 is 1.71 bits per heavy atom. The van der Waals surface area contributed by atoms with Crippen LogP contribution in [-0.4, -0.2) is 29.1 Å². The van der Waals surface area contributed by atoms with Crippen LogP contribution in [0.5, 0.6) is 0 Å². The zero-order valence-corrected chi connectivity index (χ0v) is 10.4. The van der Waals surface area contributed by atoms with E-state index in [-0.39, 0.29) is 10.6 Å². The molecule has 0 aliphatic carbocycles. The second kappa shape index (κ2) is 4.92. The standard InChI is InChI=1S/C12H15ClN2O2/c1-2-8-3-4-15(7-8)11-5-9(12(16)17)10(13)6-14-11/h5-6,8H,2-4,7H2,1H3,(H,16,17). The molecule has 0 bridgehead atoms. The van der Waals surface area contributed by atoms with Gasteiger partial charge in [0.25, 0.3) is 0 Å². The number of carboxylic acids is 1. The van der Waals surface area contributed by atoms with Crippen LogP contribution < -0.4 is 4.90 Å². The molecule has 2 heterocycles. The van der Waals surface area contributed by atoms with E-state index in [4.69, 9.17) is 16.7 Å². The number of carbonyl (C=O) groups is 1. The van der Waals surface area contributed by atoms with E-state index in [0.29, 0.717) is 11.7 Å². The van der Waals surface area contributed by atoms with Crippen molar-refractivity contribution in [2.24, 2.45) is 5.92 Å². The van der Waals surface area contributed by atoms with Gasteiger partial charge in [0, 0.05) is 19.3 Å². The van der Waals surface area contributed by atoms with Gasteiger partial charge in [-0.3, -0.25) is 0 Å². The highest BCUT2D eigenvalue weighted by Crippen LogP contribution is 2.26. The molecule has 17 heavy (non-hydrogen) atoms. The fourth-order valence-electron chi connectivity index (χ4n) is 2.14. The van der Waals surface area contributed by atoms with Gasteiger partial charge in [-0.25, -0.2) is 9.78 Å². The average molecular weight is 255 g/mol. The Kier molecular flexibility index (Phi) is 3.52. The summed E-state index contributed by atoms with van der Waals surface area (Å²) in [7, 11) is 0. The van der Waals surface area contributed by atoms with Crippen molar-refractivity contribution in [2.45, 2.75) is 19.8 Å². The van der Waals surface area contributed by atoms with Crippen LogP contribution in [0.1, 0.15) is 30.1 Å². The number of rotatable bonds is 3. The van der Waals surface area contributed by atoms with Gasteiger partial charge >= 0.3 is 5.97 Å². The minimum Gasteiger partial charge on any atom is -0.478 e. The normalized spacial score (nSPS) is 19.6. The first-order chi connectivity index (χ1) is 8.11. The average Bonchev–Trinajstić information content (AvgIpc) is 2.78. The lowest BCUT2D eigenvalue weighted by Crippen LogP contribution is -2.21. The molecule has 0 spiro atoms. The number of carboxylic acid groups (broad SMARTS) is 1. The van der Waals surface area contributed by atoms with E-state index in [0.717, 1.165) is 25.9 Å². The Bertz CT molecular complexity index is 437. The van der Waals surface area contributed by atoms with Crippen molar-refractivity contribution in [3.8, 4) is 0 Å². The molecule has 0 amide bonds. The van der Waals surface area contributed by atoms with Crippen LogP contribution in [-0.2, 0) is 0 Å². The van der Waals surface area contributed by atoms with Gasteiger partial charge in [0.15, 0.2) is 0 Å². The highest BCUT2D eigenvalue weighted by molar-refractivity contribution is 6.33. The van der Waals surface area contributed by atoms with Crippen molar-refractivity contribution in [1.82, 2.24) is 4.98 Å². The van der Waals surface area contributed by atoms with Gasteiger partial charge < -0.3 is 10.0 Å². The Morgan fingerprint density at radius 3 is 3.06 bits per heavy atom. The van der Waals surface area contributed by atoms with Gasteiger partial charge in [-0.1, -0.05) is 24.9 Å². The molecule has 5 heteroatoms. The molecule has 4 nitrogen and oxygen atoms in total. The number of aromatic carboxylic acids is 1. The van der Waals surface area contributed by atoms with Crippen LogP contribution in [0.25, 0.3) is 0 Å². The molecule has 0 radical (unpaired) electrons. The lowest BCUT2D eigenvalue weighted by molar-refractivity contribution is 0.0697. The number of hydrogen-bond donors (Lipinski definition) is 1. The zero-order valence-electron chi connectivity index (χ0n) is 9.69. The summed E-state index contributed by atoms with van der Waals surface area (Å²) >= 11 is 5.79. The van der Waals surface area contributed by atoms with Gasteiger partial charge in [0.2, 0.25) is 0 Å². The Hall–Kier alpha value is -1.29. The molecule has 2 rings (SSSR count). The Morgan fingerprint density at radius 2 is 2.47 bits per heavy atom. The number of aromatic nitrogens is 1. The van der Waals surface area contributed by atoms with Crippen LogP contribution in [0, 0.1) is 5.92 Å². The first-order valence-electron chi connectivity index (χ1n) is 5.75. The van der Waals surface area contributed by atoms with Crippen molar-refractivity contribution in [1.29, 1.82) is 0 Å². The number of anilines is 1. The fraction of sp³-hybridized carbons (Fsp3) is 0.500. The molecule has 1 aliphatic rings. The van der Waals surface area contributed by atoms with Crippen LogP contribution >= 0.6 is 11.6 Å². The third kappa shape index (κ3) is 2.52. The van der Waals surface area contributed by atoms with Crippen molar-refractivity contribution < 1.29 is 9.90 Å². The van der Waals surface area contributed by atoms with E-state index in [1.807, 2.05) is 0 Å². The summed E-state index contributed by atoms with van der Waals surface area (Å²) in [4.78, 5) is 17.3. The molecule has 0 saturated carbocycles. The Balaban J connectivity index is 2.22. The summed E-state index contributed by atoms with van der Waals surface area (Å²) in [5.41, 5.74) is 0.122. The summed E-state index contributed by atoms with van der Waals surface area (Å²) in [6, 6.07) is 1.56. The molecule has 1 atom stereocenters. The molecule has 1 fully saturated rings. The molecule has 1 aliphatic heterocycles. The summed E-state index contributed by atoms with van der Waals surface area (Å²) < 4.78 is 0. The lowest BCUT2D eigenvalue weighted by atomic mass is 10.1. The quantitative estimate of drug-likeness (QED) is 0.901. The van der Waals surface area contributed by atoms with E-state index >= 15 is 0 Å². The maximum absolute atomic E-state index is 11.0. The van der Waals surface area contributed by atoms with Gasteiger partial charge in [-0.15, -0.1) is 0 Å². The molecule has 1 unspecified atom stereocenters. The second-order valence-corrected chi connectivity index (χ2v) is 4.74. The van der Waals surface area contributed by atoms with Crippen LogP contribution in [0.4, 0.5) is 5.82 Å². The zero-order chi connectivity index (χ0) is 12.4. The predicted octanol–water partition coefficient (Wildman–Crippen LogP) is 2.67. The first-order valence-corrected chi connectivity index (χ1v) is 6.13. The molecular weight excluding hydrogens is 240 g/mol. The molecule has 1 N–H and O–H groups in total. The number of hydrogen-bond acceptors (Lipinski definition) is 3. The van der Waals surface area contributed by atoms with Gasteiger partial charge in [-0.2, -0.15) is 0 Å². The fourth-order valence-corrected chi connectivity index (χ4v) is 2.32. The minimum atomic E-state index is -1.01. The first kappa shape index (κ1) is 12.2. The summed E-state index contributed by atoms with van der Waals surface area (Å²) in [5.74, 6) is 0.383. The van der Waals surface area contributed by atoms with Crippen molar-refractivity contribution in [2.75, 3.05) is 18.0 Å². The SMILES string of the molecule is CCC1CCN(c2cc(C(=O)O)c(Cl)cn2)C1. The van der Waals surface area contributed by atoms with Gasteiger partial charge in [-0.05, 0) is 18.4 Å². The Labute approximate surface area is 105 Å². The predicted molar refractivity (Wildman–Crippen MR) is 66.8 cm³/mol. The molecule has 92 valence electrons. The highest BCUT2D eigenvalue weighted by Gasteiger charge is 2.23. The summed E-state index contributed by atoms with van der Waals surface area (Å²) in [5, 5.41) is 9.19. The number of halogens is 1. The monoisotopic (exact) mass is 254 g/mol. The number of nitrogens with zero attached hydrogens (tertiary/aromatic N) is 2. The second-order valence-electron chi connectivity index (χ2n) is 4.34. The summed E-state index contributed by atoms with van der Waals surface area (Å²) in [6.45, 7) is 4.06. The molecule has 1 saturated heterocycles. The van der Waals surface area contributed by atoms with Gasteiger partial charge in [0.1, 0.15) is 5.82 Å². The van der Waals surface area contributed by atoms with E-state index < -0.39 is 5.97 Å². The maximum atomic E-state index is 11.0.